The summed E-state index contributed by atoms with van der Waals surface area (Å²) in [7, 11) is 1.84. The van der Waals surface area contributed by atoms with Gasteiger partial charge in [-0.25, -0.2) is 9.97 Å². The number of aromatic nitrogens is 5. The van der Waals surface area contributed by atoms with Gasteiger partial charge in [0.1, 0.15) is 17.3 Å². The Morgan fingerprint density at radius 1 is 1.00 bits per heavy atom. The molecule has 3 aromatic heterocycles. The fourth-order valence-corrected chi connectivity index (χ4v) is 3.65. The average Bonchev–Trinajstić information content (AvgIpc) is 3.21. The van der Waals surface area contributed by atoms with Crippen molar-refractivity contribution in [3.63, 3.8) is 0 Å². The Balaban J connectivity index is 1.40. The summed E-state index contributed by atoms with van der Waals surface area (Å²) in [6.45, 7) is 0.375. The van der Waals surface area contributed by atoms with Crippen LogP contribution in [0.3, 0.4) is 0 Å². The maximum absolute atomic E-state index is 13.1. The Morgan fingerprint density at radius 2 is 1.88 bits per heavy atom. The van der Waals surface area contributed by atoms with Crippen LogP contribution in [-0.2, 0) is 13.6 Å². The molecule has 0 fully saturated rings. The van der Waals surface area contributed by atoms with Gasteiger partial charge in [-0.1, -0.05) is 23.7 Å². The van der Waals surface area contributed by atoms with Crippen molar-refractivity contribution in [3.8, 4) is 11.5 Å². The molecule has 0 aliphatic carbocycles. The lowest BCUT2D eigenvalue weighted by Gasteiger charge is -2.10. The Kier molecular flexibility index (Phi) is 5.50. The minimum Gasteiger partial charge on any atom is -0.457 e. The first-order valence-electron chi connectivity index (χ1n) is 10.2. The fourth-order valence-electron chi connectivity index (χ4n) is 3.44. The number of pyridine rings is 1. The van der Waals surface area contributed by atoms with Crippen LogP contribution < -0.4 is 15.6 Å². The van der Waals surface area contributed by atoms with Crippen LogP contribution >= 0.6 is 11.6 Å². The molecule has 0 spiro atoms. The lowest BCUT2D eigenvalue weighted by Crippen LogP contribution is -2.21. The monoisotopic (exact) mass is 458 g/mol. The number of nitrogens with zero attached hydrogens (tertiary/aromatic N) is 5. The summed E-state index contributed by atoms with van der Waals surface area (Å²) in [5.74, 6) is 2.37. The summed E-state index contributed by atoms with van der Waals surface area (Å²) in [6.07, 6.45) is 5.02. The second-order valence-electron chi connectivity index (χ2n) is 7.46. The van der Waals surface area contributed by atoms with E-state index in [-0.39, 0.29) is 5.56 Å². The zero-order valence-electron chi connectivity index (χ0n) is 17.6. The molecule has 8 nitrogen and oxygen atoms in total. The SMILES string of the molecule is Cn1ccc(Nc2cc(Oc3ccc4ncn(Cc5cccc(Cl)c5)c(=O)c4c3)ccn2)n1. The van der Waals surface area contributed by atoms with E-state index in [0.717, 1.165) is 5.56 Å². The van der Waals surface area contributed by atoms with Gasteiger partial charge in [0.2, 0.25) is 0 Å². The number of hydrogen-bond acceptors (Lipinski definition) is 6. The van der Waals surface area contributed by atoms with E-state index in [2.05, 4.69) is 20.4 Å². The second-order valence-corrected chi connectivity index (χ2v) is 7.90. The highest BCUT2D eigenvalue weighted by Gasteiger charge is 2.09. The Hall–Kier alpha value is -4.17. The number of nitrogens with one attached hydrogen (secondary N) is 1. The van der Waals surface area contributed by atoms with E-state index < -0.39 is 0 Å². The minimum atomic E-state index is -0.155. The molecule has 2 aromatic carbocycles. The fraction of sp³-hybridized carbons (Fsp3) is 0.0833. The number of halogens is 1. The molecule has 0 bridgehead atoms. The molecule has 0 radical (unpaired) electrons. The van der Waals surface area contributed by atoms with Crippen molar-refractivity contribution in [2.75, 3.05) is 5.32 Å². The summed E-state index contributed by atoms with van der Waals surface area (Å²) >= 11 is 6.07. The molecule has 0 aliphatic rings. The van der Waals surface area contributed by atoms with Crippen LogP contribution in [0.2, 0.25) is 5.02 Å². The molecule has 0 unspecified atom stereocenters. The predicted molar refractivity (Wildman–Crippen MR) is 127 cm³/mol. The number of aryl methyl sites for hydroxylation is 1. The average molecular weight is 459 g/mol. The molecule has 5 aromatic rings. The molecule has 33 heavy (non-hydrogen) atoms. The molecule has 0 atom stereocenters. The Labute approximate surface area is 194 Å². The summed E-state index contributed by atoms with van der Waals surface area (Å²) in [4.78, 5) is 21.8. The highest BCUT2D eigenvalue weighted by atomic mass is 35.5. The number of ether oxygens (including phenoxy) is 1. The molecule has 0 amide bonds. The smallest absolute Gasteiger partial charge is 0.261 e. The number of hydrogen-bond donors (Lipinski definition) is 1. The van der Waals surface area contributed by atoms with Gasteiger partial charge in [-0.2, -0.15) is 5.10 Å². The van der Waals surface area contributed by atoms with Crippen LogP contribution in [0.1, 0.15) is 5.56 Å². The van der Waals surface area contributed by atoms with Gasteiger partial charge in [-0.05, 0) is 42.0 Å². The zero-order chi connectivity index (χ0) is 22.8. The number of rotatable bonds is 6. The summed E-state index contributed by atoms with van der Waals surface area (Å²) < 4.78 is 9.25. The largest absolute Gasteiger partial charge is 0.457 e. The first-order chi connectivity index (χ1) is 16.0. The maximum Gasteiger partial charge on any atom is 0.261 e. The van der Waals surface area contributed by atoms with Crippen LogP contribution in [0.4, 0.5) is 11.6 Å². The Bertz CT molecular complexity index is 1510. The molecule has 164 valence electrons. The number of anilines is 2. The number of benzene rings is 2. The normalized spacial score (nSPS) is 11.0. The highest BCUT2D eigenvalue weighted by Crippen LogP contribution is 2.26. The second kappa shape index (κ2) is 8.76. The van der Waals surface area contributed by atoms with Gasteiger partial charge in [0.25, 0.3) is 5.56 Å². The van der Waals surface area contributed by atoms with E-state index in [9.17, 15) is 4.79 Å². The number of fused-ring (bicyclic) bond motifs is 1. The molecular weight excluding hydrogens is 440 g/mol. The van der Waals surface area contributed by atoms with Gasteiger partial charge in [0.15, 0.2) is 5.82 Å². The van der Waals surface area contributed by atoms with Gasteiger partial charge < -0.3 is 10.1 Å². The van der Waals surface area contributed by atoms with E-state index in [1.807, 2.05) is 37.5 Å². The van der Waals surface area contributed by atoms with Crippen LogP contribution in [0.5, 0.6) is 11.5 Å². The van der Waals surface area contributed by atoms with Crippen LogP contribution in [0.25, 0.3) is 10.9 Å². The third-order valence-corrected chi connectivity index (χ3v) is 5.21. The first-order valence-corrected chi connectivity index (χ1v) is 10.6. The van der Waals surface area contributed by atoms with E-state index in [1.54, 1.807) is 58.2 Å². The van der Waals surface area contributed by atoms with Crippen molar-refractivity contribution in [3.05, 3.63) is 100 Å². The van der Waals surface area contributed by atoms with Crippen molar-refractivity contribution in [1.29, 1.82) is 0 Å². The Morgan fingerprint density at radius 3 is 2.70 bits per heavy atom. The van der Waals surface area contributed by atoms with Crippen LogP contribution in [-0.4, -0.2) is 24.3 Å². The minimum absolute atomic E-state index is 0.155. The van der Waals surface area contributed by atoms with Crippen molar-refractivity contribution in [2.24, 2.45) is 7.05 Å². The molecule has 9 heteroatoms. The summed E-state index contributed by atoms with van der Waals surface area (Å²) in [5, 5.41) is 8.50. The molecule has 5 rings (SSSR count). The molecule has 1 N–H and O–H groups in total. The third-order valence-electron chi connectivity index (χ3n) is 4.97. The predicted octanol–water partition coefficient (Wildman–Crippen LogP) is 4.76. The van der Waals surface area contributed by atoms with E-state index in [1.165, 1.54) is 0 Å². The van der Waals surface area contributed by atoms with Gasteiger partial charge in [-0.15, -0.1) is 0 Å². The quantitative estimate of drug-likeness (QED) is 0.394. The lowest BCUT2D eigenvalue weighted by atomic mass is 10.2. The van der Waals surface area contributed by atoms with Crippen molar-refractivity contribution >= 4 is 34.1 Å². The molecular formula is C24H19ClN6O2. The van der Waals surface area contributed by atoms with E-state index in [0.29, 0.717) is 45.6 Å². The molecule has 0 saturated heterocycles. The van der Waals surface area contributed by atoms with Gasteiger partial charge in [0, 0.05) is 36.6 Å². The topological polar surface area (TPSA) is 86.9 Å². The molecule has 0 saturated carbocycles. The van der Waals surface area contributed by atoms with Crippen LogP contribution in [0.15, 0.2) is 84.2 Å². The van der Waals surface area contributed by atoms with E-state index >= 15 is 0 Å². The first kappa shape index (κ1) is 20.7. The summed E-state index contributed by atoms with van der Waals surface area (Å²) in [5.41, 5.74) is 1.36. The maximum atomic E-state index is 13.1. The molecule has 0 aliphatic heterocycles. The standard InChI is InChI=1S/C24H19ClN6O2/c1-30-10-8-22(29-30)28-23-13-19(7-9-26-23)33-18-5-6-21-20(12-18)24(32)31(15-27-21)14-16-3-2-4-17(25)11-16/h2-13,15H,14H2,1H3,(H,26,28,29). The molecule has 3 heterocycles. The highest BCUT2D eigenvalue weighted by molar-refractivity contribution is 6.30. The van der Waals surface area contributed by atoms with Crippen molar-refractivity contribution in [2.45, 2.75) is 6.54 Å². The summed E-state index contributed by atoms with van der Waals surface area (Å²) in [6, 6.07) is 18.0. The van der Waals surface area contributed by atoms with Crippen molar-refractivity contribution in [1.82, 2.24) is 24.3 Å². The third kappa shape index (κ3) is 4.70. The van der Waals surface area contributed by atoms with Gasteiger partial charge in [-0.3, -0.25) is 14.0 Å². The lowest BCUT2D eigenvalue weighted by molar-refractivity contribution is 0.483. The van der Waals surface area contributed by atoms with Gasteiger partial charge in [0.05, 0.1) is 23.8 Å². The van der Waals surface area contributed by atoms with Crippen LogP contribution in [0, 0.1) is 0 Å². The van der Waals surface area contributed by atoms with Crippen molar-refractivity contribution < 1.29 is 4.74 Å². The van der Waals surface area contributed by atoms with E-state index in [4.69, 9.17) is 16.3 Å². The van der Waals surface area contributed by atoms with Gasteiger partial charge >= 0.3 is 0 Å². The zero-order valence-corrected chi connectivity index (χ0v) is 18.4.